The molecule has 0 saturated heterocycles. The lowest BCUT2D eigenvalue weighted by atomic mass is 10.1. The molecule has 0 radical (unpaired) electrons. The van der Waals surface area contributed by atoms with Gasteiger partial charge >= 0.3 is 0 Å². The molecule has 0 fully saturated rings. The number of nitrogens with one attached hydrogen (secondary N) is 1. The first-order valence-corrected chi connectivity index (χ1v) is 9.73. The molecular formula is C25H29NO. The van der Waals surface area contributed by atoms with Crippen molar-refractivity contribution in [1.29, 1.82) is 0 Å². The number of hydrogen-bond donors (Lipinski definition) is 1. The lowest BCUT2D eigenvalue weighted by Gasteiger charge is -2.14. The standard InChI is InChI=1S/C25H29NO/c1-20-8-11-24(12-9-20)19-27-25-16-14-23(15-17-25)18-26-21(2)10-13-22-6-4-3-5-7-22/h3-9,11-12,14-17,21,26H,10,13,18-19H2,1-2H3. The maximum absolute atomic E-state index is 5.88. The molecule has 27 heavy (non-hydrogen) atoms. The number of hydrogen-bond acceptors (Lipinski definition) is 2. The predicted octanol–water partition coefficient (Wildman–Crippen LogP) is 5.68. The van der Waals surface area contributed by atoms with Gasteiger partial charge in [0.1, 0.15) is 12.4 Å². The van der Waals surface area contributed by atoms with Crippen LogP contribution < -0.4 is 10.1 Å². The quantitative estimate of drug-likeness (QED) is 0.530. The highest BCUT2D eigenvalue weighted by Crippen LogP contribution is 2.15. The van der Waals surface area contributed by atoms with Gasteiger partial charge < -0.3 is 10.1 Å². The summed E-state index contributed by atoms with van der Waals surface area (Å²) in [6, 6.07) is 28.0. The molecule has 1 atom stereocenters. The fraction of sp³-hybridized carbons (Fsp3) is 0.280. The van der Waals surface area contributed by atoms with E-state index in [9.17, 15) is 0 Å². The van der Waals surface area contributed by atoms with E-state index in [1.54, 1.807) is 0 Å². The highest BCUT2D eigenvalue weighted by atomic mass is 16.5. The third-order valence-electron chi connectivity index (χ3n) is 4.81. The monoisotopic (exact) mass is 359 g/mol. The zero-order valence-corrected chi connectivity index (χ0v) is 16.3. The van der Waals surface area contributed by atoms with Crippen molar-refractivity contribution < 1.29 is 4.74 Å². The summed E-state index contributed by atoms with van der Waals surface area (Å²) in [7, 11) is 0. The Morgan fingerprint density at radius 2 is 1.44 bits per heavy atom. The molecular weight excluding hydrogens is 330 g/mol. The summed E-state index contributed by atoms with van der Waals surface area (Å²) in [5.74, 6) is 0.913. The minimum absolute atomic E-state index is 0.489. The molecule has 0 aliphatic rings. The van der Waals surface area contributed by atoms with E-state index in [4.69, 9.17) is 4.74 Å². The van der Waals surface area contributed by atoms with E-state index in [0.717, 1.165) is 25.1 Å². The van der Waals surface area contributed by atoms with Gasteiger partial charge in [-0.05, 0) is 55.5 Å². The van der Waals surface area contributed by atoms with E-state index < -0.39 is 0 Å². The van der Waals surface area contributed by atoms with Crippen molar-refractivity contribution in [3.63, 3.8) is 0 Å². The van der Waals surface area contributed by atoms with Crippen LogP contribution in [-0.2, 0) is 19.6 Å². The number of aryl methyl sites for hydroxylation is 2. The summed E-state index contributed by atoms with van der Waals surface area (Å²) in [4.78, 5) is 0. The van der Waals surface area contributed by atoms with Crippen LogP contribution in [0.15, 0.2) is 78.9 Å². The highest BCUT2D eigenvalue weighted by Gasteiger charge is 2.03. The van der Waals surface area contributed by atoms with Gasteiger partial charge in [0.2, 0.25) is 0 Å². The molecule has 0 bridgehead atoms. The average Bonchev–Trinajstić information content (AvgIpc) is 2.72. The van der Waals surface area contributed by atoms with Crippen LogP contribution >= 0.6 is 0 Å². The Labute approximate surface area is 163 Å². The lowest BCUT2D eigenvalue weighted by molar-refractivity contribution is 0.306. The van der Waals surface area contributed by atoms with Crippen molar-refractivity contribution in [3.8, 4) is 5.75 Å². The van der Waals surface area contributed by atoms with Crippen molar-refractivity contribution >= 4 is 0 Å². The molecule has 0 aliphatic carbocycles. The van der Waals surface area contributed by atoms with E-state index in [0.29, 0.717) is 12.6 Å². The van der Waals surface area contributed by atoms with Gasteiger partial charge in [0.15, 0.2) is 0 Å². The molecule has 0 saturated carbocycles. The average molecular weight is 360 g/mol. The van der Waals surface area contributed by atoms with Gasteiger partial charge in [0.25, 0.3) is 0 Å². The van der Waals surface area contributed by atoms with E-state index >= 15 is 0 Å². The van der Waals surface area contributed by atoms with Crippen molar-refractivity contribution in [2.45, 2.75) is 45.9 Å². The molecule has 3 aromatic rings. The minimum atomic E-state index is 0.489. The summed E-state index contributed by atoms with van der Waals surface area (Å²) in [6.45, 7) is 5.84. The van der Waals surface area contributed by atoms with Crippen molar-refractivity contribution in [2.24, 2.45) is 0 Å². The van der Waals surface area contributed by atoms with Gasteiger partial charge in [-0.15, -0.1) is 0 Å². The fourth-order valence-electron chi connectivity index (χ4n) is 2.98. The third-order valence-corrected chi connectivity index (χ3v) is 4.81. The number of benzene rings is 3. The second kappa shape index (κ2) is 9.94. The summed E-state index contributed by atoms with van der Waals surface area (Å²) in [5.41, 5.74) is 5.15. The van der Waals surface area contributed by atoms with E-state index in [1.165, 1.54) is 22.3 Å². The van der Waals surface area contributed by atoms with Crippen molar-refractivity contribution in [1.82, 2.24) is 5.32 Å². The topological polar surface area (TPSA) is 21.3 Å². The van der Waals surface area contributed by atoms with Crippen LogP contribution in [0.5, 0.6) is 5.75 Å². The summed E-state index contributed by atoms with van der Waals surface area (Å²) >= 11 is 0. The first-order valence-electron chi connectivity index (χ1n) is 9.73. The van der Waals surface area contributed by atoms with Crippen LogP contribution in [0.25, 0.3) is 0 Å². The Bertz CT molecular complexity index is 794. The molecule has 140 valence electrons. The highest BCUT2D eigenvalue weighted by molar-refractivity contribution is 5.28. The molecule has 2 nitrogen and oxygen atoms in total. The van der Waals surface area contributed by atoms with E-state index in [-0.39, 0.29) is 0 Å². The Morgan fingerprint density at radius 1 is 0.778 bits per heavy atom. The molecule has 0 heterocycles. The Hall–Kier alpha value is -2.58. The molecule has 0 spiro atoms. The first kappa shape index (κ1) is 19.2. The molecule has 0 amide bonds. The third kappa shape index (κ3) is 6.58. The Kier molecular flexibility index (Phi) is 7.06. The maximum Gasteiger partial charge on any atom is 0.119 e. The van der Waals surface area contributed by atoms with Crippen LogP contribution in [0.4, 0.5) is 0 Å². The zero-order valence-electron chi connectivity index (χ0n) is 16.3. The minimum Gasteiger partial charge on any atom is -0.489 e. The predicted molar refractivity (Wildman–Crippen MR) is 113 cm³/mol. The summed E-state index contributed by atoms with van der Waals surface area (Å²) in [6.07, 6.45) is 2.25. The van der Waals surface area contributed by atoms with Crippen molar-refractivity contribution in [2.75, 3.05) is 0 Å². The van der Waals surface area contributed by atoms with Gasteiger partial charge in [0.05, 0.1) is 0 Å². The van der Waals surface area contributed by atoms with Crippen LogP contribution in [-0.4, -0.2) is 6.04 Å². The smallest absolute Gasteiger partial charge is 0.119 e. The maximum atomic E-state index is 5.88. The molecule has 2 heteroatoms. The molecule has 0 aliphatic heterocycles. The number of ether oxygens (including phenoxy) is 1. The van der Waals surface area contributed by atoms with Gasteiger partial charge in [-0.3, -0.25) is 0 Å². The second-order valence-corrected chi connectivity index (χ2v) is 7.22. The van der Waals surface area contributed by atoms with Crippen LogP contribution in [0.1, 0.15) is 35.6 Å². The first-order chi connectivity index (χ1) is 13.2. The normalized spacial score (nSPS) is 11.9. The van der Waals surface area contributed by atoms with Crippen molar-refractivity contribution in [3.05, 3.63) is 101 Å². The molecule has 1 unspecified atom stereocenters. The lowest BCUT2D eigenvalue weighted by Crippen LogP contribution is -2.25. The Balaban J connectivity index is 1.40. The SMILES string of the molecule is Cc1ccc(COc2ccc(CNC(C)CCc3ccccc3)cc2)cc1. The second-order valence-electron chi connectivity index (χ2n) is 7.22. The van der Waals surface area contributed by atoms with Gasteiger partial charge in [-0.25, -0.2) is 0 Å². The summed E-state index contributed by atoms with van der Waals surface area (Å²) < 4.78 is 5.88. The Morgan fingerprint density at radius 3 is 2.15 bits per heavy atom. The molecule has 3 rings (SSSR count). The van der Waals surface area contributed by atoms with Gasteiger partial charge in [0, 0.05) is 12.6 Å². The molecule has 0 aromatic heterocycles. The largest absolute Gasteiger partial charge is 0.489 e. The van der Waals surface area contributed by atoms with Gasteiger partial charge in [-0.2, -0.15) is 0 Å². The van der Waals surface area contributed by atoms with E-state index in [1.807, 2.05) is 0 Å². The van der Waals surface area contributed by atoms with Crippen LogP contribution in [0.2, 0.25) is 0 Å². The van der Waals surface area contributed by atoms with Crippen LogP contribution in [0, 0.1) is 6.92 Å². The molecule has 1 N–H and O–H groups in total. The van der Waals surface area contributed by atoms with Crippen LogP contribution in [0.3, 0.4) is 0 Å². The van der Waals surface area contributed by atoms with E-state index in [2.05, 4.69) is 98.0 Å². The number of rotatable bonds is 9. The van der Waals surface area contributed by atoms with Gasteiger partial charge in [-0.1, -0.05) is 72.3 Å². The fourth-order valence-corrected chi connectivity index (χ4v) is 2.98. The zero-order chi connectivity index (χ0) is 18.9. The molecule has 3 aromatic carbocycles. The summed E-state index contributed by atoms with van der Waals surface area (Å²) in [5, 5.41) is 3.61.